The fourth-order valence-electron chi connectivity index (χ4n) is 1.94. The van der Waals surface area contributed by atoms with E-state index in [2.05, 4.69) is 33.8 Å². The first-order valence-electron chi connectivity index (χ1n) is 6.30. The first-order chi connectivity index (χ1) is 8.84. The Labute approximate surface area is 124 Å². The van der Waals surface area contributed by atoms with E-state index in [1.54, 1.807) is 0 Å². The van der Waals surface area contributed by atoms with Gasteiger partial charge >= 0.3 is 0 Å². The van der Waals surface area contributed by atoms with Crippen molar-refractivity contribution in [3.05, 3.63) is 30.1 Å². The van der Waals surface area contributed by atoms with Crippen molar-refractivity contribution in [3.8, 4) is 0 Å². The second-order valence-corrected chi connectivity index (χ2v) is 7.50. The predicted octanol–water partition coefficient (Wildman–Crippen LogP) is 2.66. The Bertz CT molecular complexity index is 334. The average Bonchev–Trinajstić information content (AvgIpc) is 2.39. The molecule has 1 aromatic heterocycles. The van der Waals surface area contributed by atoms with Gasteiger partial charge in [-0.2, -0.15) is 36.2 Å². The summed E-state index contributed by atoms with van der Waals surface area (Å²) in [6.07, 6.45) is 1.87. The molecule has 2 heterocycles. The minimum absolute atomic E-state index is 0.474. The molecule has 1 aliphatic rings. The highest BCUT2D eigenvalue weighted by Gasteiger charge is 2.13. The Morgan fingerprint density at radius 1 is 1.28 bits per heavy atom. The molecule has 0 N–H and O–H groups in total. The molecule has 0 spiro atoms. The number of aromatic nitrogens is 1. The van der Waals surface area contributed by atoms with Gasteiger partial charge in [0.25, 0.3) is 0 Å². The lowest BCUT2D eigenvalue weighted by molar-refractivity contribution is 0.284. The molecule has 0 amide bonds. The maximum Gasteiger partial charge on any atom is 0.0543 e. The number of nitrogens with zero attached hydrogens (tertiary/aromatic N) is 2. The van der Waals surface area contributed by atoms with Crippen molar-refractivity contribution >= 4 is 36.2 Å². The van der Waals surface area contributed by atoms with Gasteiger partial charge in [0.15, 0.2) is 0 Å². The summed E-state index contributed by atoms with van der Waals surface area (Å²) in [6, 6.07) is 6.14. The maximum atomic E-state index is 4.70. The third-order valence-electron chi connectivity index (χ3n) is 2.81. The standard InChI is InChI=1S/C13H20N2S3/c16-13-10-15(5-6-17-7-8-18-11-13)9-12-3-1-2-4-14-12/h1-4,13,16H,5-11H2. The summed E-state index contributed by atoms with van der Waals surface area (Å²) >= 11 is 8.78. The van der Waals surface area contributed by atoms with Crippen molar-refractivity contribution in [3.63, 3.8) is 0 Å². The monoisotopic (exact) mass is 300 g/mol. The van der Waals surface area contributed by atoms with E-state index in [1.165, 1.54) is 17.3 Å². The van der Waals surface area contributed by atoms with Crippen LogP contribution < -0.4 is 0 Å². The van der Waals surface area contributed by atoms with E-state index in [9.17, 15) is 0 Å². The molecule has 1 aromatic rings. The van der Waals surface area contributed by atoms with E-state index >= 15 is 0 Å². The Hall–Kier alpha value is 0.160. The number of pyridine rings is 1. The van der Waals surface area contributed by atoms with Crippen LogP contribution in [0.15, 0.2) is 24.4 Å². The molecule has 0 saturated carbocycles. The zero-order valence-corrected chi connectivity index (χ0v) is 13.0. The highest BCUT2D eigenvalue weighted by Crippen LogP contribution is 2.16. The molecular weight excluding hydrogens is 280 g/mol. The van der Waals surface area contributed by atoms with Crippen LogP contribution >= 0.6 is 36.2 Å². The fourth-order valence-corrected chi connectivity index (χ4v) is 4.56. The van der Waals surface area contributed by atoms with Crippen LogP contribution in [0.4, 0.5) is 0 Å². The summed E-state index contributed by atoms with van der Waals surface area (Å²) in [7, 11) is 0. The van der Waals surface area contributed by atoms with Crippen LogP contribution in [0, 0.1) is 0 Å². The zero-order valence-electron chi connectivity index (χ0n) is 10.5. The summed E-state index contributed by atoms with van der Waals surface area (Å²) in [5, 5.41) is 0.474. The van der Waals surface area contributed by atoms with Gasteiger partial charge in [-0.25, -0.2) is 0 Å². The van der Waals surface area contributed by atoms with Gasteiger partial charge in [-0.3, -0.25) is 9.88 Å². The van der Waals surface area contributed by atoms with Gasteiger partial charge in [0, 0.05) is 54.1 Å². The molecule has 5 heteroatoms. The van der Waals surface area contributed by atoms with Crippen LogP contribution in [0.25, 0.3) is 0 Å². The number of thioether (sulfide) groups is 2. The van der Waals surface area contributed by atoms with E-state index in [0.29, 0.717) is 5.25 Å². The van der Waals surface area contributed by atoms with Crippen molar-refractivity contribution < 1.29 is 0 Å². The molecule has 100 valence electrons. The lowest BCUT2D eigenvalue weighted by Crippen LogP contribution is -2.33. The van der Waals surface area contributed by atoms with E-state index in [-0.39, 0.29) is 0 Å². The molecule has 1 atom stereocenters. The van der Waals surface area contributed by atoms with E-state index < -0.39 is 0 Å². The van der Waals surface area contributed by atoms with E-state index in [0.717, 1.165) is 31.1 Å². The van der Waals surface area contributed by atoms with Crippen molar-refractivity contribution in [2.45, 2.75) is 11.8 Å². The van der Waals surface area contributed by atoms with Crippen LogP contribution in [-0.4, -0.2) is 51.2 Å². The first-order valence-corrected chi connectivity index (χ1v) is 9.13. The van der Waals surface area contributed by atoms with Gasteiger partial charge in [-0.05, 0) is 12.1 Å². The molecule has 1 saturated heterocycles. The average molecular weight is 301 g/mol. The SMILES string of the molecule is SC1CSCCSCCN(Cc2ccccn2)C1. The number of hydrogen-bond donors (Lipinski definition) is 1. The van der Waals surface area contributed by atoms with Crippen molar-refractivity contribution in [2.24, 2.45) is 0 Å². The van der Waals surface area contributed by atoms with Crippen LogP contribution in [0.3, 0.4) is 0 Å². The molecule has 0 aliphatic carbocycles. The Morgan fingerprint density at radius 2 is 2.17 bits per heavy atom. The third kappa shape index (κ3) is 5.43. The van der Waals surface area contributed by atoms with E-state index in [4.69, 9.17) is 12.6 Å². The highest BCUT2D eigenvalue weighted by molar-refractivity contribution is 8.03. The number of hydrogen-bond acceptors (Lipinski definition) is 5. The molecule has 0 radical (unpaired) electrons. The van der Waals surface area contributed by atoms with Crippen molar-refractivity contribution in [1.29, 1.82) is 0 Å². The lowest BCUT2D eigenvalue weighted by atomic mass is 10.3. The Morgan fingerprint density at radius 3 is 3.00 bits per heavy atom. The van der Waals surface area contributed by atoms with Crippen LogP contribution in [0.5, 0.6) is 0 Å². The Balaban J connectivity index is 1.90. The minimum atomic E-state index is 0.474. The summed E-state index contributed by atoms with van der Waals surface area (Å²) < 4.78 is 0. The quantitative estimate of drug-likeness (QED) is 0.845. The van der Waals surface area contributed by atoms with Crippen LogP contribution in [0.2, 0.25) is 0 Å². The van der Waals surface area contributed by atoms with Gasteiger partial charge in [0.1, 0.15) is 0 Å². The molecule has 1 unspecified atom stereocenters. The van der Waals surface area contributed by atoms with Gasteiger partial charge in [0.05, 0.1) is 5.69 Å². The largest absolute Gasteiger partial charge is 0.296 e. The predicted molar refractivity (Wildman–Crippen MR) is 86.9 cm³/mol. The summed E-state index contributed by atoms with van der Waals surface area (Å²) in [6.45, 7) is 3.15. The van der Waals surface area contributed by atoms with Gasteiger partial charge in [-0.1, -0.05) is 6.07 Å². The first kappa shape index (κ1) is 14.6. The van der Waals surface area contributed by atoms with Gasteiger partial charge in [0.2, 0.25) is 0 Å². The molecule has 0 bridgehead atoms. The van der Waals surface area contributed by atoms with Crippen LogP contribution in [-0.2, 0) is 6.54 Å². The topological polar surface area (TPSA) is 16.1 Å². The Kier molecular flexibility index (Phi) is 6.76. The molecule has 2 rings (SSSR count). The summed E-state index contributed by atoms with van der Waals surface area (Å²) in [5.41, 5.74) is 1.16. The summed E-state index contributed by atoms with van der Waals surface area (Å²) in [4.78, 5) is 6.90. The van der Waals surface area contributed by atoms with Gasteiger partial charge in [-0.15, -0.1) is 0 Å². The minimum Gasteiger partial charge on any atom is -0.296 e. The molecule has 0 aromatic carbocycles. The number of thiol groups is 1. The fraction of sp³-hybridized carbons (Fsp3) is 0.615. The highest BCUT2D eigenvalue weighted by atomic mass is 32.2. The number of rotatable bonds is 2. The smallest absolute Gasteiger partial charge is 0.0543 e. The second kappa shape index (κ2) is 8.35. The van der Waals surface area contributed by atoms with Crippen molar-refractivity contribution in [1.82, 2.24) is 9.88 Å². The second-order valence-electron chi connectivity index (χ2n) is 4.40. The molecule has 2 nitrogen and oxygen atoms in total. The molecule has 1 aliphatic heterocycles. The van der Waals surface area contributed by atoms with E-state index in [1.807, 2.05) is 24.0 Å². The molecule has 1 fully saturated rings. The maximum absolute atomic E-state index is 4.70. The molecular formula is C13H20N2S3. The summed E-state index contributed by atoms with van der Waals surface area (Å²) in [5.74, 6) is 4.90. The third-order valence-corrected chi connectivity index (χ3v) is 5.76. The van der Waals surface area contributed by atoms with Crippen LogP contribution in [0.1, 0.15) is 5.69 Å². The lowest BCUT2D eigenvalue weighted by Gasteiger charge is -2.25. The van der Waals surface area contributed by atoms with Crippen molar-refractivity contribution in [2.75, 3.05) is 36.1 Å². The molecule has 18 heavy (non-hydrogen) atoms. The normalized spacial score (nSPS) is 23.7. The van der Waals surface area contributed by atoms with Gasteiger partial charge < -0.3 is 0 Å². The zero-order chi connectivity index (χ0) is 12.6.